The van der Waals surface area contributed by atoms with E-state index < -0.39 is 27.4 Å². The smallest absolute Gasteiger partial charge is 0.246 e. The molecule has 0 saturated carbocycles. The Balaban J connectivity index is 3.77. The van der Waals surface area contributed by atoms with Crippen molar-refractivity contribution in [2.75, 3.05) is 0 Å². The van der Waals surface area contributed by atoms with Crippen molar-refractivity contribution in [1.29, 1.82) is 21.0 Å². The minimum absolute atomic E-state index is 0.575. The van der Waals surface area contributed by atoms with Crippen LogP contribution in [0.2, 0.25) is 0 Å². The Labute approximate surface area is 101 Å². The Morgan fingerprint density at radius 2 is 1.59 bits per heavy atom. The molecule has 0 radical (unpaired) electrons. The van der Waals surface area contributed by atoms with Crippen LogP contribution in [-0.4, -0.2) is 16.4 Å². The quantitative estimate of drug-likeness (QED) is 0.557. The Hall–Kier alpha value is -2.67. The van der Waals surface area contributed by atoms with Gasteiger partial charge in [-0.05, 0) is 0 Å². The van der Waals surface area contributed by atoms with Crippen LogP contribution in [0.4, 0.5) is 0 Å². The predicted molar refractivity (Wildman–Crippen MR) is 51.6 cm³/mol. The highest BCUT2D eigenvalue weighted by molar-refractivity contribution is 6.45. The van der Waals surface area contributed by atoms with Gasteiger partial charge in [-0.2, -0.15) is 21.0 Å². The Kier molecular flexibility index (Phi) is 2.72. The molecule has 0 aliphatic heterocycles. The number of ketones is 2. The van der Waals surface area contributed by atoms with Crippen LogP contribution in [0.5, 0.6) is 0 Å². The first kappa shape index (κ1) is 12.4. The lowest BCUT2D eigenvalue weighted by molar-refractivity contribution is -0.127. The molecule has 7 heteroatoms. The molecule has 0 aromatic carbocycles. The molecule has 0 aromatic rings. The molecule has 0 saturated heterocycles. The van der Waals surface area contributed by atoms with Crippen molar-refractivity contribution < 1.29 is 9.59 Å². The third-order valence-electron chi connectivity index (χ3n) is 2.33. The van der Waals surface area contributed by atoms with Crippen LogP contribution < -0.4 is 0 Å². The summed E-state index contributed by atoms with van der Waals surface area (Å²) in [6, 6.07) is 5.23. The van der Waals surface area contributed by atoms with Gasteiger partial charge in [0.25, 0.3) is 0 Å². The van der Waals surface area contributed by atoms with Gasteiger partial charge in [0.2, 0.25) is 16.1 Å². The highest BCUT2D eigenvalue weighted by Crippen LogP contribution is 2.43. The van der Waals surface area contributed by atoms with Gasteiger partial charge in [-0.1, -0.05) is 11.6 Å². The van der Waals surface area contributed by atoms with E-state index in [-0.39, 0.29) is 0 Å². The maximum absolute atomic E-state index is 11.7. The summed E-state index contributed by atoms with van der Waals surface area (Å²) in [5.74, 6) is -2.36. The summed E-state index contributed by atoms with van der Waals surface area (Å²) in [4.78, 5) is 20.7. The molecule has 0 aromatic heterocycles. The predicted octanol–water partition coefficient (Wildman–Crippen LogP) is 0.123. The first-order chi connectivity index (χ1) is 7.93. The fraction of sp³-hybridized carbons (Fsp3) is 0.200. The van der Waals surface area contributed by atoms with Gasteiger partial charge in [-0.15, -0.1) is 0 Å². The van der Waals surface area contributed by atoms with Gasteiger partial charge in [-0.25, -0.2) is 0 Å². The third-order valence-corrected chi connectivity index (χ3v) is 2.88. The molecule has 1 aliphatic rings. The molecular weight excluding hydrogens is 244 g/mol. The number of alkyl halides is 1. The minimum Gasteiger partial charge on any atom is -0.291 e. The van der Waals surface area contributed by atoms with E-state index in [4.69, 9.17) is 32.6 Å². The molecule has 0 N–H and O–H groups in total. The Morgan fingerprint density at radius 3 is 1.94 bits per heavy atom. The first-order valence-corrected chi connectivity index (χ1v) is 4.45. The minimum atomic E-state index is -2.69. The fourth-order valence-corrected chi connectivity index (χ4v) is 1.57. The SMILES string of the molecule is N#CC1=CC(=O)C(Cl)(C#N)C(C#N)(C#N)C1=O. The molecular formula is C10HClN4O2. The lowest BCUT2D eigenvalue weighted by Gasteiger charge is -2.30. The highest BCUT2D eigenvalue weighted by Gasteiger charge is 2.65. The van der Waals surface area contributed by atoms with Crippen LogP contribution in [-0.2, 0) is 9.59 Å². The number of halogens is 1. The molecule has 0 fully saturated rings. The highest BCUT2D eigenvalue weighted by atomic mass is 35.5. The standard InChI is InChI=1S/C10HClN4O2/c11-10(5-15)7(16)1-6(2-12)8(17)9(10,3-13)4-14/h1H. The maximum Gasteiger partial charge on any atom is 0.246 e. The van der Waals surface area contributed by atoms with Crippen LogP contribution in [0.1, 0.15) is 0 Å². The largest absolute Gasteiger partial charge is 0.291 e. The molecule has 1 aliphatic carbocycles. The van der Waals surface area contributed by atoms with Crippen molar-refractivity contribution in [1.82, 2.24) is 0 Å². The number of rotatable bonds is 0. The van der Waals surface area contributed by atoms with E-state index in [1.807, 2.05) is 0 Å². The Bertz CT molecular complexity index is 609. The van der Waals surface area contributed by atoms with E-state index in [0.717, 1.165) is 0 Å². The summed E-state index contributed by atoms with van der Waals surface area (Å²) in [7, 11) is 0. The van der Waals surface area contributed by atoms with E-state index in [1.54, 1.807) is 0 Å². The monoisotopic (exact) mass is 244 g/mol. The van der Waals surface area contributed by atoms with Crippen molar-refractivity contribution in [3.05, 3.63) is 11.6 Å². The molecule has 80 valence electrons. The van der Waals surface area contributed by atoms with E-state index in [0.29, 0.717) is 6.08 Å². The lowest BCUT2D eigenvalue weighted by atomic mass is 9.67. The summed E-state index contributed by atoms with van der Waals surface area (Å²) in [5, 5.41) is 35.2. The van der Waals surface area contributed by atoms with Crippen LogP contribution in [0.15, 0.2) is 11.6 Å². The summed E-state index contributed by atoms with van der Waals surface area (Å²) >= 11 is 5.62. The normalized spacial score (nSPS) is 25.8. The van der Waals surface area contributed by atoms with E-state index in [9.17, 15) is 9.59 Å². The average molecular weight is 245 g/mol. The van der Waals surface area contributed by atoms with Crippen LogP contribution in [0.25, 0.3) is 0 Å². The van der Waals surface area contributed by atoms with Crippen LogP contribution in [0, 0.1) is 50.7 Å². The van der Waals surface area contributed by atoms with Crippen LogP contribution >= 0.6 is 11.6 Å². The molecule has 0 amide bonds. The number of allylic oxidation sites excluding steroid dienone is 2. The third kappa shape index (κ3) is 1.23. The summed E-state index contributed by atoms with van der Waals surface area (Å²) in [6.45, 7) is 0. The van der Waals surface area contributed by atoms with Crippen molar-refractivity contribution in [3.63, 3.8) is 0 Å². The second-order valence-electron chi connectivity index (χ2n) is 3.11. The molecule has 1 atom stereocenters. The van der Waals surface area contributed by atoms with Gasteiger partial charge in [0, 0.05) is 6.08 Å². The zero-order valence-electron chi connectivity index (χ0n) is 8.06. The average Bonchev–Trinajstić information content (AvgIpc) is 2.35. The maximum atomic E-state index is 11.7. The zero-order valence-corrected chi connectivity index (χ0v) is 8.82. The Morgan fingerprint density at radius 1 is 1.06 bits per heavy atom. The van der Waals surface area contributed by atoms with Gasteiger partial charge in [-0.3, -0.25) is 9.59 Å². The number of carbonyl (C=O) groups excluding carboxylic acids is 2. The topological polar surface area (TPSA) is 129 Å². The van der Waals surface area contributed by atoms with Gasteiger partial charge < -0.3 is 0 Å². The summed E-state index contributed by atoms with van der Waals surface area (Å²) in [6.07, 6.45) is 0.575. The first-order valence-electron chi connectivity index (χ1n) is 4.07. The van der Waals surface area contributed by atoms with Gasteiger partial charge in [0.15, 0.2) is 5.78 Å². The zero-order chi connectivity index (χ0) is 13.3. The molecule has 0 bridgehead atoms. The molecule has 0 heterocycles. The summed E-state index contributed by atoms with van der Waals surface area (Å²) < 4.78 is 0. The van der Waals surface area contributed by atoms with Crippen molar-refractivity contribution in [3.8, 4) is 24.3 Å². The molecule has 17 heavy (non-hydrogen) atoms. The van der Waals surface area contributed by atoms with Gasteiger partial charge >= 0.3 is 0 Å². The number of Topliss-reactive ketones (excluding diaryl/α,β-unsaturated/α-hetero) is 1. The van der Waals surface area contributed by atoms with Crippen molar-refractivity contribution in [2.24, 2.45) is 5.41 Å². The van der Waals surface area contributed by atoms with Gasteiger partial charge in [0.05, 0.1) is 18.2 Å². The molecule has 6 nitrogen and oxygen atoms in total. The van der Waals surface area contributed by atoms with E-state index in [1.165, 1.54) is 24.3 Å². The van der Waals surface area contributed by atoms with E-state index >= 15 is 0 Å². The van der Waals surface area contributed by atoms with Crippen molar-refractivity contribution in [2.45, 2.75) is 4.87 Å². The molecule has 1 unspecified atom stereocenters. The summed E-state index contributed by atoms with van der Waals surface area (Å²) in [5.41, 5.74) is -3.36. The number of nitrogens with zero attached hydrogens (tertiary/aromatic N) is 4. The van der Waals surface area contributed by atoms with E-state index in [2.05, 4.69) is 0 Å². The number of hydrogen-bond acceptors (Lipinski definition) is 6. The van der Waals surface area contributed by atoms with Gasteiger partial charge in [0.1, 0.15) is 11.6 Å². The number of carbonyl (C=O) groups is 2. The van der Waals surface area contributed by atoms with Crippen LogP contribution in [0.3, 0.4) is 0 Å². The van der Waals surface area contributed by atoms with Crippen molar-refractivity contribution >= 4 is 23.2 Å². The fourth-order valence-electron chi connectivity index (χ4n) is 1.34. The second kappa shape index (κ2) is 3.72. The molecule has 0 spiro atoms. The second-order valence-corrected chi connectivity index (χ2v) is 3.67. The molecule has 1 rings (SSSR count). The number of nitriles is 4. The lowest BCUT2D eigenvalue weighted by Crippen LogP contribution is -2.55. The number of hydrogen-bond donors (Lipinski definition) is 0.